The Morgan fingerprint density at radius 3 is 2.73 bits per heavy atom. The molecule has 22 heavy (non-hydrogen) atoms. The number of aliphatic hydroxyl groups is 1. The maximum Gasteiger partial charge on any atom is 0.321 e. The van der Waals surface area contributed by atoms with Gasteiger partial charge >= 0.3 is 5.97 Å². The predicted octanol–water partition coefficient (Wildman–Crippen LogP) is 0.375. The fourth-order valence-corrected chi connectivity index (χ4v) is 1.84. The second-order valence-corrected chi connectivity index (χ2v) is 4.80. The Kier molecular flexibility index (Phi) is 8.13. The van der Waals surface area contributed by atoms with Crippen LogP contribution >= 0.6 is 0 Å². The normalized spacial score (nSPS) is 11.9. The van der Waals surface area contributed by atoms with E-state index in [1.807, 2.05) is 25.1 Å². The van der Waals surface area contributed by atoms with Crippen LogP contribution in [0.25, 0.3) is 0 Å². The van der Waals surface area contributed by atoms with Gasteiger partial charge in [0.1, 0.15) is 6.04 Å². The summed E-state index contributed by atoms with van der Waals surface area (Å²) in [7, 11) is 0. The number of amides is 1. The summed E-state index contributed by atoms with van der Waals surface area (Å²) in [6.45, 7) is 2.58. The molecule has 1 aromatic carbocycles. The average Bonchev–Trinajstić information content (AvgIpc) is 2.45. The molecule has 122 valence electrons. The first-order chi connectivity index (χ1) is 10.5. The SMILES string of the molecule is Cc1cccc(NC(=O)CC(NCCOCCO)C(=O)O)c1. The van der Waals surface area contributed by atoms with E-state index in [1.54, 1.807) is 6.07 Å². The van der Waals surface area contributed by atoms with Crippen LogP contribution in [0.4, 0.5) is 5.69 Å². The van der Waals surface area contributed by atoms with Crippen molar-refractivity contribution in [1.29, 1.82) is 0 Å². The van der Waals surface area contributed by atoms with Crippen molar-refractivity contribution in [3.63, 3.8) is 0 Å². The summed E-state index contributed by atoms with van der Waals surface area (Å²) in [4.78, 5) is 23.0. The molecule has 1 aromatic rings. The molecule has 7 heteroatoms. The third-order valence-corrected chi connectivity index (χ3v) is 2.86. The van der Waals surface area contributed by atoms with E-state index in [9.17, 15) is 9.59 Å². The number of nitrogens with one attached hydrogen (secondary N) is 2. The molecule has 0 aliphatic rings. The fraction of sp³-hybridized carbons (Fsp3) is 0.467. The smallest absolute Gasteiger partial charge is 0.321 e. The van der Waals surface area contributed by atoms with Gasteiger partial charge in [-0.1, -0.05) is 12.1 Å². The minimum absolute atomic E-state index is 0.0821. The van der Waals surface area contributed by atoms with Crippen molar-refractivity contribution in [2.75, 3.05) is 31.7 Å². The summed E-state index contributed by atoms with van der Waals surface area (Å²) < 4.78 is 5.02. The summed E-state index contributed by atoms with van der Waals surface area (Å²) in [5, 5.41) is 23.1. The molecule has 0 radical (unpaired) electrons. The van der Waals surface area contributed by atoms with E-state index < -0.39 is 12.0 Å². The number of aliphatic carboxylic acids is 1. The van der Waals surface area contributed by atoms with Gasteiger partial charge in [-0.2, -0.15) is 0 Å². The molecule has 7 nitrogen and oxygen atoms in total. The van der Waals surface area contributed by atoms with Crippen LogP contribution in [0.5, 0.6) is 0 Å². The molecule has 0 saturated heterocycles. The highest BCUT2D eigenvalue weighted by molar-refractivity contribution is 5.94. The zero-order chi connectivity index (χ0) is 16.4. The second-order valence-electron chi connectivity index (χ2n) is 4.80. The lowest BCUT2D eigenvalue weighted by Gasteiger charge is -2.14. The van der Waals surface area contributed by atoms with Gasteiger partial charge in [0.15, 0.2) is 0 Å². The molecule has 0 saturated carbocycles. The Hall–Kier alpha value is -1.96. The van der Waals surface area contributed by atoms with Crippen LogP contribution in [0.1, 0.15) is 12.0 Å². The summed E-state index contributed by atoms with van der Waals surface area (Å²) in [5.74, 6) is -1.47. The lowest BCUT2D eigenvalue weighted by molar-refractivity contribution is -0.141. The Bertz CT molecular complexity index is 493. The van der Waals surface area contributed by atoms with E-state index in [-0.39, 0.29) is 38.7 Å². The van der Waals surface area contributed by atoms with Crippen LogP contribution in [0.3, 0.4) is 0 Å². The minimum atomic E-state index is -1.10. The van der Waals surface area contributed by atoms with Crippen LogP contribution < -0.4 is 10.6 Å². The number of carbonyl (C=O) groups is 2. The second kappa shape index (κ2) is 9.88. The Labute approximate surface area is 129 Å². The van der Waals surface area contributed by atoms with E-state index in [0.29, 0.717) is 5.69 Å². The van der Waals surface area contributed by atoms with Crippen LogP contribution in [0.2, 0.25) is 0 Å². The first-order valence-corrected chi connectivity index (χ1v) is 7.04. The van der Waals surface area contributed by atoms with Crippen molar-refractivity contribution < 1.29 is 24.5 Å². The quantitative estimate of drug-likeness (QED) is 0.465. The molecule has 0 aliphatic carbocycles. The minimum Gasteiger partial charge on any atom is -0.480 e. The molecule has 0 spiro atoms. The summed E-state index contributed by atoms with van der Waals surface area (Å²) in [5.41, 5.74) is 1.65. The third kappa shape index (κ3) is 7.16. The van der Waals surface area contributed by atoms with Crippen molar-refractivity contribution in [3.8, 4) is 0 Å². The number of carbonyl (C=O) groups excluding carboxylic acids is 1. The molecule has 4 N–H and O–H groups in total. The number of aryl methyl sites for hydroxylation is 1. The number of benzene rings is 1. The molecule has 0 heterocycles. The van der Waals surface area contributed by atoms with E-state index in [1.165, 1.54) is 0 Å². The molecular formula is C15H22N2O5. The van der Waals surface area contributed by atoms with Gasteiger partial charge in [0.25, 0.3) is 0 Å². The number of hydrogen-bond donors (Lipinski definition) is 4. The molecule has 0 aliphatic heterocycles. The van der Waals surface area contributed by atoms with Crippen molar-refractivity contribution in [3.05, 3.63) is 29.8 Å². The molecule has 0 aromatic heterocycles. The van der Waals surface area contributed by atoms with E-state index in [4.69, 9.17) is 14.9 Å². The number of carboxylic acid groups (broad SMARTS) is 1. The van der Waals surface area contributed by atoms with Crippen molar-refractivity contribution in [2.45, 2.75) is 19.4 Å². The van der Waals surface area contributed by atoms with Crippen LogP contribution in [0.15, 0.2) is 24.3 Å². The van der Waals surface area contributed by atoms with E-state index >= 15 is 0 Å². The van der Waals surface area contributed by atoms with Gasteiger partial charge < -0.3 is 25.6 Å². The summed E-state index contributed by atoms with van der Waals surface area (Å²) in [6, 6.07) is 6.29. The lowest BCUT2D eigenvalue weighted by atomic mass is 10.2. The third-order valence-electron chi connectivity index (χ3n) is 2.86. The zero-order valence-corrected chi connectivity index (χ0v) is 12.5. The first-order valence-electron chi connectivity index (χ1n) is 7.04. The van der Waals surface area contributed by atoms with E-state index in [2.05, 4.69) is 10.6 Å². The number of ether oxygens (including phenoxy) is 1. The van der Waals surface area contributed by atoms with Crippen LogP contribution in [-0.2, 0) is 14.3 Å². The van der Waals surface area contributed by atoms with Gasteiger partial charge in [-0.3, -0.25) is 9.59 Å². The number of hydrogen-bond acceptors (Lipinski definition) is 5. The predicted molar refractivity (Wildman–Crippen MR) is 81.8 cm³/mol. The lowest BCUT2D eigenvalue weighted by Crippen LogP contribution is -2.41. The molecular weight excluding hydrogens is 288 g/mol. The standard InChI is InChI=1S/C15H22N2O5/c1-11-3-2-4-12(9-11)17-14(19)10-13(15(20)21)16-5-7-22-8-6-18/h2-4,9,13,16,18H,5-8,10H2,1H3,(H,17,19)(H,20,21). The summed E-state index contributed by atoms with van der Waals surface area (Å²) in [6.07, 6.45) is -0.177. The average molecular weight is 310 g/mol. The van der Waals surface area contributed by atoms with Gasteiger partial charge in [0.2, 0.25) is 5.91 Å². The highest BCUT2D eigenvalue weighted by Gasteiger charge is 2.20. The molecule has 1 rings (SSSR count). The molecule has 0 fully saturated rings. The molecule has 1 atom stereocenters. The van der Waals surface area contributed by atoms with Crippen molar-refractivity contribution >= 4 is 17.6 Å². The highest BCUT2D eigenvalue weighted by Crippen LogP contribution is 2.10. The van der Waals surface area contributed by atoms with Crippen LogP contribution in [-0.4, -0.2) is 54.5 Å². The monoisotopic (exact) mass is 310 g/mol. The number of carboxylic acids is 1. The topological polar surface area (TPSA) is 108 Å². The largest absolute Gasteiger partial charge is 0.480 e. The van der Waals surface area contributed by atoms with Crippen molar-refractivity contribution in [1.82, 2.24) is 5.32 Å². The van der Waals surface area contributed by atoms with Gasteiger partial charge in [-0.25, -0.2) is 0 Å². The number of aliphatic hydroxyl groups excluding tert-OH is 1. The Balaban J connectivity index is 2.41. The Morgan fingerprint density at radius 2 is 2.09 bits per heavy atom. The number of anilines is 1. The molecule has 0 bridgehead atoms. The maximum atomic E-state index is 11.9. The maximum absolute atomic E-state index is 11.9. The molecule has 1 unspecified atom stereocenters. The van der Waals surface area contributed by atoms with E-state index in [0.717, 1.165) is 5.56 Å². The van der Waals surface area contributed by atoms with Gasteiger partial charge in [-0.15, -0.1) is 0 Å². The fourth-order valence-electron chi connectivity index (χ4n) is 1.84. The Morgan fingerprint density at radius 1 is 1.32 bits per heavy atom. The summed E-state index contributed by atoms with van der Waals surface area (Å²) >= 11 is 0. The van der Waals surface area contributed by atoms with Gasteiger partial charge in [0.05, 0.1) is 26.2 Å². The van der Waals surface area contributed by atoms with Gasteiger partial charge in [-0.05, 0) is 24.6 Å². The molecule has 1 amide bonds. The van der Waals surface area contributed by atoms with Crippen molar-refractivity contribution in [2.24, 2.45) is 0 Å². The number of rotatable bonds is 10. The van der Waals surface area contributed by atoms with Gasteiger partial charge in [0, 0.05) is 12.2 Å². The zero-order valence-electron chi connectivity index (χ0n) is 12.5. The highest BCUT2D eigenvalue weighted by atomic mass is 16.5. The first kappa shape index (κ1) is 18.1. The van der Waals surface area contributed by atoms with Crippen LogP contribution in [0, 0.1) is 6.92 Å².